The van der Waals surface area contributed by atoms with Gasteiger partial charge in [-0.15, -0.1) is 0 Å². The standard InChI is InChI=1S/C18H21F2NO2/c19-12-3-4-16(20)15(7-12)17-8-13(22)9-21(17)18(23)14-6-10-1-2-11(14)5-10/h3-4,7,10-11,13-14,17,22H,1-2,5-6,8-9H2. The average Bonchev–Trinajstić information content (AvgIpc) is 3.23. The average molecular weight is 321 g/mol. The van der Waals surface area contributed by atoms with Crippen molar-refractivity contribution in [3.8, 4) is 0 Å². The lowest BCUT2D eigenvalue weighted by molar-refractivity contribution is -0.138. The van der Waals surface area contributed by atoms with Crippen LogP contribution in [-0.2, 0) is 4.79 Å². The van der Waals surface area contributed by atoms with E-state index in [4.69, 9.17) is 0 Å². The number of halogens is 2. The molecule has 1 aliphatic heterocycles. The molecule has 0 radical (unpaired) electrons. The van der Waals surface area contributed by atoms with Crippen LogP contribution in [0.5, 0.6) is 0 Å². The lowest BCUT2D eigenvalue weighted by Crippen LogP contribution is -2.38. The number of benzene rings is 1. The maximum absolute atomic E-state index is 14.1. The zero-order chi connectivity index (χ0) is 16.1. The Bertz CT molecular complexity index is 635. The fourth-order valence-corrected chi connectivity index (χ4v) is 4.88. The van der Waals surface area contributed by atoms with Crippen LogP contribution in [0.2, 0.25) is 0 Å². The summed E-state index contributed by atoms with van der Waals surface area (Å²) in [5, 5.41) is 10.0. The second-order valence-electron chi connectivity index (χ2n) is 7.34. The number of carbonyl (C=O) groups is 1. The molecule has 23 heavy (non-hydrogen) atoms. The first-order chi connectivity index (χ1) is 11.0. The molecule has 2 saturated carbocycles. The summed E-state index contributed by atoms with van der Waals surface area (Å²) >= 11 is 0. The molecule has 1 N–H and O–H groups in total. The lowest BCUT2D eigenvalue weighted by atomic mass is 9.87. The van der Waals surface area contributed by atoms with Gasteiger partial charge in [0.15, 0.2) is 0 Å². The molecule has 3 fully saturated rings. The highest BCUT2D eigenvalue weighted by atomic mass is 19.1. The maximum Gasteiger partial charge on any atom is 0.226 e. The van der Waals surface area contributed by atoms with Gasteiger partial charge in [0.25, 0.3) is 0 Å². The van der Waals surface area contributed by atoms with Crippen LogP contribution in [0.3, 0.4) is 0 Å². The van der Waals surface area contributed by atoms with Gasteiger partial charge in [-0.3, -0.25) is 4.79 Å². The highest BCUT2D eigenvalue weighted by Crippen LogP contribution is 2.50. The van der Waals surface area contributed by atoms with Crippen molar-refractivity contribution in [3.63, 3.8) is 0 Å². The van der Waals surface area contributed by atoms with Crippen LogP contribution in [0.1, 0.15) is 43.7 Å². The minimum absolute atomic E-state index is 0.00169. The molecule has 1 aromatic carbocycles. The van der Waals surface area contributed by atoms with Crippen LogP contribution in [0, 0.1) is 29.4 Å². The van der Waals surface area contributed by atoms with Crippen LogP contribution in [0.25, 0.3) is 0 Å². The second-order valence-corrected chi connectivity index (χ2v) is 7.34. The maximum atomic E-state index is 14.1. The zero-order valence-corrected chi connectivity index (χ0v) is 12.9. The Kier molecular flexibility index (Phi) is 3.63. The smallest absolute Gasteiger partial charge is 0.226 e. The normalized spacial score (nSPS) is 36.0. The van der Waals surface area contributed by atoms with Gasteiger partial charge in [0.1, 0.15) is 11.6 Å². The van der Waals surface area contributed by atoms with Crippen molar-refractivity contribution in [1.29, 1.82) is 0 Å². The molecular formula is C18H21F2NO2. The van der Waals surface area contributed by atoms with E-state index in [1.165, 1.54) is 6.42 Å². The first-order valence-electron chi connectivity index (χ1n) is 8.46. The Morgan fingerprint density at radius 1 is 1.17 bits per heavy atom. The SMILES string of the molecule is O=C(C1CC2CCC1C2)N1CC(O)CC1c1cc(F)ccc1F. The van der Waals surface area contributed by atoms with Crippen molar-refractivity contribution in [2.75, 3.05) is 6.54 Å². The molecule has 1 aromatic rings. The van der Waals surface area contributed by atoms with E-state index in [-0.39, 0.29) is 30.4 Å². The van der Waals surface area contributed by atoms with E-state index < -0.39 is 23.8 Å². The predicted molar refractivity (Wildman–Crippen MR) is 80.4 cm³/mol. The van der Waals surface area contributed by atoms with Crippen LogP contribution >= 0.6 is 0 Å². The van der Waals surface area contributed by atoms with Crippen LogP contribution < -0.4 is 0 Å². The number of nitrogens with zero attached hydrogens (tertiary/aromatic N) is 1. The van der Waals surface area contributed by atoms with Gasteiger partial charge in [-0.25, -0.2) is 8.78 Å². The first-order valence-corrected chi connectivity index (χ1v) is 8.46. The van der Waals surface area contributed by atoms with Gasteiger partial charge in [-0.05, 0) is 55.7 Å². The minimum atomic E-state index is -0.676. The Morgan fingerprint density at radius 2 is 2.00 bits per heavy atom. The lowest BCUT2D eigenvalue weighted by Gasteiger charge is -2.31. The monoisotopic (exact) mass is 321 g/mol. The quantitative estimate of drug-likeness (QED) is 0.909. The summed E-state index contributed by atoms with van der Waals surface area (Å²) in [6.45, 7) is 0.216. The molecule has 3 nitrogen and oxygen atoms in total. The highest BCUT2D eigenvalue weighted by Gasteiger charge is 2.47. The Labute approximate surface area is 134 Å². The molecule has 2 aliphatic carbocycles. The van der Waals surface area contributed by atoms with E-state index in [1.807, 2.05) is 0 Å². The summed E-state index contributed by atoms with van der Waals surface area (Å²) in [5.74, 6) is 0.0565. The topological polar surface area (TPSA) is 40.5 Å². The third-order valence-corrected chi connectivity index (χ3v) is 5.93. The Hall–Kier alpha value is -1.49. The second kappa shape index (κ2) is 5.55. The van der Waals surface area contributed by atoms with Crippen LogP contribution in [0.4, 0.5) is 8.78 Å². The molecule has 124 valence electrons. The number of carbonyl (C=O) groups excluding carboxylic acids is 1. The van der Waals surface area contributed by atoms with Crippen molar-refractivity contribution in [2.24, 2.45) is 17.8 Å². The van der Waals surface area contributed by atoms with Gasteiger partial charge < -0.3 is 10.0 Å². The summed E-state index contributed by atoms with van der Waals surface area (Å²) in [6, 6.07) is 2.76. The minimum Gasteiger partial charge on any atom is -0.391 e. The van der Waals surface area contributed by atoms with Crippen molar-refractivity contribution < 1.29 is 18.7 Å². The summed E-state index contributed by atoms with van der Waals surface area (Å²) in [5.41, 5.74) is 0.179. The third-order valence-electron chi connectivity index (χ3n) is 5.93. The number of rotatable bonds is 2. The number of aliphatic hydroxyl groups excluding tert-OH is 1. The van der Waals surface area contributed by atoms with Crippen molar-refractivity contribution in [1.82, 2.24) is 4.90 Å². The molecule has 4 rings (SSSR count). The van der Waals surface area contributed by atoms with Crippen LogP contribution in [0.15, 0.2) is 18.2 Å². The number of likely N-dealkylation sites (tertiary alicyclic amines) is 1. The van der Waals surface area contributed by atoms with E-state index in [2.05, 4.69) is 0 Å². The Morgan fingerprint density at radius 3 is 2.70 bits per heavy atom. The third kappa shape index (κ3) is 2.55. The zero-order valence-electron chi connectivity index (χ0n) is 12.9. The van der Waals surface area contributed by atoms with Gasteiger partial charge in [0.05, 0.1) is 12.1 Å². The largest absolute Gasteiger partial charge is 0.391 e. The molecule has 1 heterocycles. The van der Waals surface area contributed by atoms with Gasteiger partial charge in [-0.1, -0.05) is 6.42 Å². The number of hydrogen-bond donors (Lipinski definition) is 1. The fourth-order valence-electron chi connectivity index (χ4n) is 4.88. The molecule has 5 atom stereocenters. The van der Waals surface area contributed by atoms with Gasteiger partial charge in [0.2, 0.25) is 5.91 Å². The number of β-amino-alcohol motifs (C(OH)–C–C–N with tert-alkyl or cyclic N) is 1. The number of aliphatic hydroxyl groups is 1. The predicted octanol–water partition coefficient (Wildman–Crippen LogP) is 3.04. The van der Waals surface area contributed by atoms with Gasteiger partial charge >= 0.3 is 0 Å². The molecule has 5 heteroatoms. The summed E-state index contributed by atoms with van der Waals surface area (Å²) in [6.07, 6.45) is 3.92. The van der Waals surface area contributed by atoms with Gasteiger partial charge in [0, 0.05) is 18.0 Å². The number of fused-ring (bicyclic) bond motifs is 2. The summed E-state index contributed by atoms with van der Waals surface area (Å²) < 4.78 is 27.6. The van der Waals surface area contributed by atoms with E-state index in [9.17, 15) is 18.7 Å². The fraction of sp³-hybridized carbons (Fsp3) is 0.611. The van der Waals surface area contributed by atoms with Crippen molar-refractivity contribution in [3.05, 3.63) is 35.4 Å². The molecule has 1 saturated heterocycles. The molecule has 2 bridgehead atoms. The molecule has 5 unspecified atom stereocenters. The molecule has 0 spiro atoms. The summed E-state index contributed by atoms with van der Waals surface area (Å²) in [4.78, 5) is 14.6. The Balaban J connectivity index is 1.61. The van der Waals surface area contributed by atoms with Crippen LogP contribution in [-0.4, -0.2) is 28.6 Å². The molecule has 3 aliphatic rings. The number of hydrogen-bond acceptors (Lipinski definition) is 2. The molecular weight excluding hydrogens is 300 g/mol. The van der Waals surface area contributed by atoms with Crippen molar-refractivity contribution in [2.45, 2.75) is 44.2 Å². The van der Waals surface area contributed by atoms with Crippen molar-refractivity contribution >= 4 is 5.91 Å². The highest BCUT2D eigenvalue weighted by molar-refractivity contribution is 5.80. The number of amides is 1. The van der Waals surface area contributed by atoms with Gasteiger partial charge in [-0.2, -0.15) is 0 Å². The first kappa shape index (κ1) is 15.1. The van der Waals surface area contributed by atoms with E-state index in [1.54, 1.807) is 4.90 Å². The summed E-state index contributed by atoms with van der Waals surface area (Å²) in [7, 11) is 0. The van der Waals surface area contributed by atoms with E-state index in [0.717, 1.165) is 37.5 Å². The molecule has 1 amide bonds. The van der Waals surface area contributed by atoms with E-state index >= 15 is 0 Å². The van der Waals surface area contributed by atoms with E-state index in [0.29, 0.717) is 11.8 Å². The molecule has 0 aromatic heterocycles.